The summed E-state index contributed by atoms with van der Waals surface area (Å²) < 4.78 is 0. The first-order valence-electron chi connectivity index (χ1n) is 7.64. The van der Waals surface area contributed by atoms with Gasteiger partial charge in [-0.1, -0.05) is 53.9 Å². The third-order valence-corrected chi connectivity index (χ3v) is 6.00. The molecule has 1 nitrogen and oxygen atoms in total. The molecule has 0 aromatic rings. The van der Waals surface area contributed by atoms with Crippen molar-refractivity contribution in [1.29, 1.82) is 0 Å². The Kier molecular flexibility index (Phi) is 3.60. The van der Waals surface area contributed by atoms with E-state index in [1.165, 1.54) is 38.6 Å². The standard InChI is InChI=1S/C16H31N/c1-6-10-17-13(11-12-8-7-9-12)14-15(2,3)16(14,4)5/h12-14,17H,6-11H2,1-5H3. The molecule has 1 unspecified atom stereocenters. The predicted molar refractivity (Wildman–Crippen MR) is 75.1 cm³/mol. The zero-order chi connectivity index (χ0) is 12.7. The highest BCUT2D eigenvalue weighted by molar-refractivity contribution is 5.16. The van der Waals surface area contributed by atoms with Crippen LogP contribution in [-0.4, -0.2) is 12.6 Å². The molecule has 2 rings (SSSR count). The Balaban J connectivity index is 1.95. The summed E-state index contributed by atoms with van der Waals surface area (Å²) in [6.07, 6.45) is 7.13. The molecule has 0 bridgehead atoms. The van der Waals surface area contributed by atoms with Crippen molar-refractivity contribution in [1.82, 2.24) is 5.32 Å². The summed E-state index contributed by atoms with van der Waals surface area (Å²) >= 11 is 0. The van der Waals surface area contributed by atoms with Crippen molar-refractivity contribution in [2.24, 2.45) is 22.7 Å². The third-order valence-electron chi connectivity index (χ3n) is 6.00. The Labute approximate surface area is 108 Å². The fourth-order valence-corrected chi connectivity index (χ4v) is 4.01. The molecule has 2 aliphatic carbocycles. The fraction of sp³-hybridized carbons (Fsp3) is 1.00. The average Bonchev–Trinajstić information content (AvgIpc) is 2.57. The van der Waals surface area contributed by atoms with Crippen molar-refractivity contribution in [2.45, 2.75) is 72.8 Å². The van der Waals surface area contributed by atoms with E-state index in [9.17, 15) is 0 Å². The van der Waals surface area contributed by atoms with Crippen LogP contribution in [-0.2, 0) is 0 Å². The lowest BCUT2D eigenvalue weighted by Crippen LogP contribution is -2.37. The van der Waals surface area contributed by atoms with E-state index in [2.05, 4.69) is 39.9 Å². The van der Waals surface area contributed by atoms with E-state index < -0.39 is 0 Å². The highest BCUT2D eigenvalue weighted by atomic mass is 15.0. The van der Waals surface area contributed by atoms with Gasteiger partial charge in [-0.05, 0) is 42.1 Å². The van der Waals surface area contributed by atoms with E-state index in [-0.39, 0.29) is 0 Å². The van der Waals surface area contributed by atoms with Crippen molar-refractivity contribution in [3.63, 3.8) is 0 Å². The molecule has 1 N–H and O–H groups in total. The van der Waals surface area contributed by atoms with E-state index >= 15 is 0 Å². The molecule has 1 atom stereocenters. The van der Waals surface area contributed by atoms with Crippen LogP contribution in [0.2, 0.25) is 0 Å². The highest BCUT2D eigenvalue weighted by Gasteiger charge is 2.66. The first-order chi connectivity index (χ1) is 7.91. The van der Waals surface area contributed by atoms with Crippen molar-refractivity contribution < 1.29 is 0 Å². The Hall–Kier alpha value is -0.0400. The van der Waals surface area contributed by atoms with Crippen molar-refractivity contribution in [2.75, 3.05) is 6.54 Å². The lowest BCUT2D eigenvalue weighted by Gasteiger charge is -2.31. The largest absolute Gasteiger partial charge is 0.314 e. The maximum atomic E-state index is 3.84. The van der Waals surface area contributed by atoms with Gasteiger partial charge in [0.2, 0.25) is 0 Å². The Morgan fingerprint density at radius 2 is 1.71 bits per heavy atom. The molecule has 17 heavy (non-hydrogen) atoms. The quantitative estimate of drug-likeness (QED) is 0.729. The zero-order valence-corrected chi connectivity index (χ0v) is 12.5. The van der Waals surface area contributed by atoms with Crippen LogP contribution in [0.5, 0.6) is 0 Å². The Bertz CT molecular complexity index is 249. The van der Waals surface area contributed by atoms with Gasteiger partial charge in [0.25, 0.3) is 0 Å². The average molecular weight is 237 g/mol. The second-order valence-electron chi connectivity index (χ2n) is 7.51. The number of rotatable bonds is 6. The second-order valence-corrected chi connectivity index (χ2v) is 7.51. The van der Waals surface area contributed by atoms with Gasteiger partial charge < -0.3 is 5.32 Å². The molecule has 0 aromatic carbocycles. The first kappa shape index (κ1) is 13.4. The molecule has 0 spiro atoms. The molecule has 0 saturated heterocycles. The van der Waals surface area contributed by atoms with Crippen LogP contribution in [0.1, 0.15) is 66.7 Å². The van der Waals surface area contributed by atoms with Crippen LogP contribution in [0.25, 0.3) is 0 Å². The molecule has 2 aliphatic rings. The van der Waals surface area contributed by atoms with Gasteiger partial charge in [0, 0.05) is 6.04 Å². The predicted octanol–water partition coefficient (Wildman–Crippen LogP) is 4.23. The molecule has 1 heteroatoms. The third kappa shape index (κ3) is 2.28. The van der Waals surface area contributed by atoms with Crippen LogP contribution in [0, 0.1) is 22.7 Å². The van der Waals surface area contributed by atoms with Crippen molar-refractivity contribution in [3.8, 4) is 0 Å². The van der Waals surface area contributed by atoms with Gasteiger partial charge in [0.1, 0.15) is 0 Å². The second kappa shape index (κ2) is 4.57. The van der Waals surface area contributed by atoms with Crippen LogP contribution in [0.4, 0.5) is 0 Å². The molecule has 2 saturated carbocycles. The van der Waals surface area contributed by atoms with Crippen LogP contribution < -0.4 is 5.32 Å². The number of nitrogens with one attached hydrogen (secondary N) is 1. The summed E-state index contributed by atoms with van der Waals surface area (Å²) in [6, 6.07) is 0.769. The van der Waals surface area contributed by atoms with Crippen LogP contribution in [0.15, 0.2) is 0 Å². The summed E-state index contributed by atoms with van der Waals surface area (Å²) in [5.74, 6) is 1.90. The smallest absolute Gasteiger partial charge is 0.0109 e. The first-order valence-corrected chi connectivity index (χ1v) is 7.64. The highest BCUT2D eigenvalue weighted by Crippen LogP contribution is 2.70. The maximum absolute atomic E-state index is 3.84. The molecule has 0 aromatic heterocycles. The Morgan fingerprint density at radius 1 is 1.12 bits per heavy atom. The van der Waals surface area contributed by atoms with Crippen LogP contribution in [0.3, 0.4) is 0 Å². The van der Waals surface area contributed by atoms with Crippen LogP contribution >= 0.6 is 0 Å². The topological polar surface area (TPSA) is 12.0 Å². The van der Waals surface area contributed by atoms with Gasteiger partial charge in [0.15, 0.2) is 0 Å². The zero-order valence-electron chi connectivity index (χ0n) is 12.5. The van der Waals surface area contributed by atoms with Gasteiger partial charge in [-0.15, -0.1) is 0 Å². The van der Waals surface area contributed by atoms with Crippen molar-refractivity contribution >= 4 is 0 Å². The van der Waals surface area contributed by atoms with Gasteiger partial charge in [0.05, 0.1) is 0 Å². The summed E-state index contributed by atoms with van der Waals surface area (Å²) in [6.45, 7) is 13.3. The molecule has 0 aliphatic heterocycles. The summed E-state index contributed by atoms with van der Waals surface area (Å²) in [7, 11) is 0. The molecule has 0 heterocycles. The molecular formula is C16H31N. The molecular weight excluding hydrogens is 206 g/mol. The van der Waals surface area contributed by atoms with Gasteiger partial charge >= 0.3 is 0 Å². The molecule has 2 fully saturated rings. The van der Waals surface area contributed by atoms with Gasteiger partial charge in [-0.25, -0.2) is 0 Å². The Morgan fingerprint density at radius 3 is 2.06 bits per heavy atom. The molecule has 0 amide bonds. The molecule has 100 valence electrons. The maximum Gasteiger partial charge on any atom is 0.0109 e. The van der Waals surface area contributed by atoms with Gasteiger partial charge in [-0.2, -0.15) is 0 Å². The molecule has 0 radical (unpaired) electrons. The lowest BCUT2D eigenvalue weighted by atomic mass is 9.79. The SMILES string of the molecule is CCCNC(CC1CCC1)C1C(C)(C)C1(C)C. The normalized spacial score (nSPS) is 28.8. The van der Waals surface area contributed by atoms with E-state index in [1.807, 2.05) is 0 Å². The minimum atomic E-state index is 0.530. The summed E-state index contributed by atoms with van der Waals surface area (Å²) in [5.41, 5.74) is 1.06. The van der Waals surface area contributed by atoms with E-state index in [4.69, 9.17) is 0 Å². The summed E-state index contributed by atoms with van der Waals surface area (Å²) in [5, 5.41) is 3.84. The fourth-order valence-electron chi connectivity index (χ4n) is 4.01. The van der Waals surface area contributed by atoms with Crippen molar-refractivity contribution in [3.05, 3.63) is 0 Å². The number of hydrogen-bond acceptors (Lipinski definition) is 1. The number of hydrogen-bond donors (Lipinski definition) is 1. The lowest BCUT2D eigenvalue weighted by molar-refractivity contribution is 0.235. The monoisotopic (exact) mass is 237 g/mol. The van der Waals surface area contributed by atoms with E-state index in [1.54, 1.807) is 0 Å². The van der Waals surface area contributed by atoms with E-state index in [0.29, 0.717) is 10.8 Å². The van der Waals surface area contributed by atoms with Gasteiger partial charge in [-0.3, -0.25) is 0 Å². The minimum absolute atomic E-state index is 0.530. The minimum Gasteiger partial charge on any atom is -0.314 e. The summed E-state index contributed by atoms with van der Waals surface area (Å²) in [4.78, 5) is 0. The van der Waals surface area contributed by atoms with E-state index in [0.717, 1.165) is 17.9 Å².